The molecule has 11 heavy (non-hydrogen) atoms. The molecule has 4 nitrogen and oxygen atoms in total. The highest BCUT2D eigenvalue weighted by atomic mass is 16.6. The second kappa shape index (κ2) is 4.71. The Kier molecular flexibility index (Phi) is 4.26. The third kappa shape index (κ3) is 3.02. The van der Waals surface area contributed by atoms with Gasteiger partial charge >= 0.3 is 0 Å². The minimum atomic E-state index is 0.200. The first-order chi connectivity index (χ1) is 5.13. The molecule has 0 rings (SSSR count). The molecule has 1 N–H and O–H groups in total. The lowest BCUT2D eigenvalue weighted by molar-refractivity contribution is 0.212. The average Bonchev–Trinajstić information content (AvgIpc) is 1.98. The van der Waals surface area contributed by atoms with Crippen LogP contribution in [0.3, 0.4) is 0 Å². The molecule has 4 heteroatoms. The summed E-state index contributed by atoms with van der Waals surface area (Å²) in [6, 6.07) is 0. The smallest absolute Gasteiger partial charge is 0.107 e. The van der Waals surface area contributed by atoms with Gasteiger partial charge in [0.05, 0.1) is 0 Å². The van der Waals surface area contributed by atoms with E-state index in [4.69, 9.17) is 5.21 Å². The van der Waals surface area contributed by atoms with E-state index >= 15 is 0 Å². The number of rotatable bonds is 3. The first kappa shape index (κ1) is 9.94. The highest BCUT2D eigenvalue weighted by Crippen LogP contribution is 1.99. The predicted octanol–water partition coefficient (Wildman–Crippen LogP) is 1.49. The van der Waals surface area contributed by atoms with Crippen molar-refractivity contribution in [1.29, 1.82) is 0 Å². The van der Waals surface area contributed by atoms with Crippen LogP contribution in [0.1, 0.15) is 20.8 Å². The molecular formula is C7H14N2O2. The lowest BCUT2D eigenvalue weighted by atomic mass is 10.1. The van der Waals surface area contributed by atoms with Crippen molar-refractivity contribution in [2.45, 2.75) is 20.8 Å². The van der Waals surface area contributed by atoms with Crippen LogP contribution in [-0.4, -0.2) is 23.7 Å². The Morgan fingerprint density at radius 1 is 1.45 bits per heavy atom. The van der Waals surface area contributed by atoms with Gasteiger partial charge in [-0.05, 0) is 6.92 Å². The molecular weight excluding hydrogens is 144 g/mol. The molecule has 0 saturated heterocycles. The fraction of sp³-hybridized carbons (Fsp3) is 0.714. The summed E-state index contributed by atoms with van der Waals surface area (Å²) in [6.07, 6.45) is 0. The van der Waals surface area contributed by atoms with Gasteiger partial charge in [-0.1, -0.05) is 24.2 Å². The zero-order chi connectivity index (χ0) is 8.85. The summed E-state index contributed by atoms with van der Waals surface area (Å²) < 4.78 is 0. The van der Waals surface area contributed by atoms with Crippen LogP contribution in [0.4, 0.5) is 0 Å². The fourth-order valence-electron chi connectivity index (χ4n) is 0.739. The Hall–Kier alpha value is -1.06. The fourth-order valence-corrected chi connectivity index (χ4v) is 0.739. The summed E-state index contributed by atoms with van der Waals surface area (Å²) in [6.45, 7) is 5.58. The van der Waals surface area contributed by atoms with Gasteiger partial charge in [-0.3, -0.25) is 0 Å². The maximum atomic E-state index is 8.43. The minimum absolute atomic E-state index is 0.200. The molecule has 0 aromatic rings. The van der Waals surface area contributed by atoms with E-state index in [0.29, 0.717) is 11.4 Å². The molecule has 0 atom stereocenters. The minimum Gasteiger partial charge on any atom is -0.411 e. The van der Waals surface area contributed by atoms with Gasteiger partial charge in [-0.2, -0.15) is 0 Å². The average molecular weight is 158 g/mol. The van der Waals surface area contributed by atoms with Crippen molar-refractivity contribution in [3.63, 3.8) is 0 Å². The van der Waals surface area contributed by atoms with Crippen LogP contribution in [0, 0.1) is 5.92 Å². The largest absolute Gasteiger partial charge is 0.411 e. The lowest BCUT2D eigenvalue weighted by Gasteiger charge is -2.05. The van der Waals surface area contributed by atoms with Crippen molar-refractivity contribution in [1.82, 2.24) is 0 Å². The zero-order valence-corrected chi connectivity index (χ0v) is 7.33. The third-order valence-corrected chi connectivity index (χ3v) is 1.26. The van der Waals surface area contributed by atoms with Crippen LogP contribution in [-0.2, 0) is 4.84 Å². The lowest BCUT2D eigenvalue weighted by Crippen LogP contribution is -2.17. The monoisotopic (exact) mass is 158 g/mol. The molecule has 0 bridgehead atoms. The van der Waals surface area contributed by atoms with Gasteiger partial charge in [0.15, 0.2) is 0 Å². The van der Waals surface area contributed by atoms with E-state index in [1.165, 1.54) is 7.11 Å². The van der Waals surface area contributed by atoms with Crippen molar-refractivity contribution in [3.05, 3.63) is 0 Å². The molecule has 0 spiro atoms. The third-order valence-electron chi connectivity index (χ3n) is 1.26. The molecule has 0 heterocycles. The number of hydrogen-bond acceptors (Lipinski definition) is 4. The molecule has 0 aliphatic carbocycles. The molecule has 64 valence electrons. The van der Waals surface area contributed by atoms with E-state index in [2.05, 4.69) is 15.1 Å². The van der Waals surface area contributed by atoms with E-state index in [1.807, 2.05) is 13.8 Å². The van der Waals surface area contributed by atoms with Gasteiger partial charge in [-0.25, -0.2) is 0 Å². The molecule has 0 aliphatic heterocycles. The summed E-state index contributed by atoms with van der Waals surface area (Å²) in [7, 11) is 1.47. The zero-order valence-electron chi connectivity index (χ0n) is 7.33. The second-order valence-electron chi connectivity index (χ2n) is 2.50. The van der Waals surface area contributed by atoms with Crippen molar-refractivity contribution < 1.29 is 10.0 Å². The van der Waals surface area contributed by atoms with Crippen molar-refractivity contribution in [2.75, 3.05) is 7.11 Å². The molecule has 0 fully saturated rings. The number of oxime groups is 2. The van der Waals surface area contributed by atoms with Crippen LogP contribution in [0.25, 0.3) is 0 Å². The van der Waals surface area contributed by atoms with Gasteiger partial charge < -0.3 is 10.0 Å². The maximum absolute atomic E-state index is 8.43. The second-order valence-corrected chi connectivity index (χ2v) is 2.50. The first-order valence-electron chi connectivity index (χ1n) is 3.43. The quantitative estimate of drug-likeness (QED) is 0.384. The summed E-state index contributed by atoms with van der Waals surface area (Å²) in [5, 5.41) is 15.2. The van der Waals surface area contributed by atoms with Crippen LogP contribution >= 0.6 is 0 Å². The SMILES string of the molecule is CO/N=C(/C(C)=N/O)C(C)C. The van der Waals surface area contributed by atoms with E-state index in [1.54, 1.807) is 6.92 Å². The summed E-state index contributed by atoms with van der Waals surface area (Å²) in [4.78, 5) is 4.58. The van der Waals surface area contributed by atoms with Gasteiger partial charge in [0, 0.05) is 5.92 Å². The topological polar surface area (TPSA) is 54.2 Å². The Balaban J connectivity index is 4.48. The highest BCUT2D eigenvalue weighted by Gasteiger charge is 2.09. The Morgan fingerprint density at radius 2 is 2.00 bits per heavy atom. The van der Waals surface area contributed by atoms with Gasteiger partial charge in [0.25, 0.3) is 0 Å². The van der Waals surface area contributed by atoms with Gasteiger partial charge in [0.1, 0.15) is 18.5 Å². The molecule has 0 radical (unpaired) electrons. The molecule has 0 aromatic carbocycles. The number of nitrogens with zero attached hydrogens (tertiary/aromatic N) is 2. The molecule has 0 aliphatic rings. The molecule has 0 saturated carbocycles. The van der Waals surface area contributed by atoms with Crippen molar-refractivity contribution >= 4 is 11.4 Å². The van der Waals surface area contributed by atoms with Gasteiger partial charge in [-0.15, -0.1) is 0 Å². The van der Waals surface area contributed by atoms with E-state index in [0.717, 1.165) is 0 Å². The number of hydrogen-bond donors (Lipinski definition) is 1. The van der Waals surface area contributed by atoms with Crippen LogP contribution in [0.5, 0.6) is 0 Å². The van der Waals surface area contributed by atoms with E-state index in [-0.39, 0.29) is 5.92 Å². The normalized spacial score (nSPS) is 13.9. The molecule has 0 amide bonds. The summed E-state index contributed by atoms with van der Waals surface area (Å²) >= 11 is 0. The Morgan fingerprint density at radius 3 is 2.27 bits per heavy atom. The molecule has 0 unspecified atom stereocenters. The predicted molar refractivity (Wildman–Crippen MR) is 44.2 cm³/mol. The summed E-state index contributed by atoms with van der Waals surface area (Å²) in [5.74, 6) is 0.200. The molecule has 0 aromatic heterocycles. The summed E-state index contributed by atoms with van der Waals surface area (Å²) in [5.41, 5.74) is 1.15. The van der Waals surface area contributed by atoms with Crippen molar-refractivity contribution in [3.8, 4) is 0 Å². The first-order valence-corrected chi connectivity index (χ1v) is 3.43. The van der Waals surface area contributed by atoms with Crippen LogP contribution < -0.4 is 0 Å². The van der Waals surface area contributed by atoms with E-state index < -0.39 is 0 Å². The maximum Gasteiger partial charge on any atom is 0.107 e. The highest BCUT2D eigenvalue weighted by molar-refractivity contribution is 6.41. The van der Waals surface area contributed by atoms with Gasteiger partial charge in [0.2, 0.25) is 0 Å². The Bertz CT molecular complexity index is 173. The van der Waals surface area contributed by atoms with E-state index in [9.17, 15) is 0 Å². The van der Waals surface area contributed by atoms with Crippen molar-refractivity contribution in [2.24, 2.45) is 16.2 Å². The Labute approximate surface area is 66.5 Å². The van der Waals surface area contributed by atoms with Crippen LogP contribution in [0.2, 0.25) is 0 Å². The standard InChI is InChI=1S/C7H14N2O2/c1-5(2)7(9-11-4)6(3)8-10/h5,10H,1-4H3/b8-6+,9-7+. The van der Waals surface area contributed by atoms with Crippen LogP contribution in [0.15, 0.2) is 10.3 Å².